The van der Waals surface area contributed by atoms with Gasteiger partial charge in [-0.25, -0.2) is 0 Å². The third-order valence-electron chi connectivity index (χ3n) is 6.60. The van der Waals surface area contributed by atoms with Gasteiger partial charge >= 0.3 is 5.97 Å². The van der Waals surface area contributed by atoms with E-state index in [9.17, 15) is 4.79 Å². The molecule has 1 N–H and O–H groups in total. The number of benzene rings is 1. The van der Waals surface area contributed by atoms with Crippen molar-refractivity contribution in [2.75, 3.05) is 0 Å². The maximum absolute atomic E-state index is 12.1. The summed E-state index contributed by atoms with van der Waals surface area (Å²) in [7, 11) is 0. The molecule has 2 heterocycles. The molecule has 3 aromatic rings. The summed E-state index contributed by atoms with van der Waals surface area (Å²) in [5.74, 6) is -0.163. The Hall–Kier alpha value is -2.89. The van der Waals surface area contributed by atoms with Gasteiger partial charge in [-0.15, -0.1) is 0 Å². The number of nitrogens with one attached hydrogen (secondary N) is 1. The van der Waals surface area contributed by atoms with E-state index in [1.807, 2.05) is 20.8 Å². The molecule has 0 radical (unpaired) electrons. The molecule has 4 rings (SSSR count). The van der Waals surface area contributed by atoms with Gasteiger partial charge in [0.2, 0.25) is 0 Å². The zero-order chi connectivity index (χ0) is 24.7. The van der Waals surface area contributed by atoms with Crippen molar-refractivity contribution in [3.63, 3.8) is 0 Å². The average molecular weight is 463 g/mol. The number of hydrogen-bond acceptors (Lipinski definition) is 4. The first kappa shape index (κ1) is 24.2. The minimum atomic E-state index is -0.447. The van der Waals surface area contributed by atoms with E-state index < -0.39 is 5.60 Å². The van der Waals surface area contributed by atoms with Gasteiger partial charge < -0.3 is 4.74 Å². The van der Waals surface area contributed by atoms with Crippen molar-refractivity contribution in [1.82, 2.24) is 20.0 Å². The molecule has 0 bridgehead atoms. The number of aromatic amines is 1. The van der Waals surface area contributed by atoms with Crippen LogP contribution in [0.2, 0.25) is 0 Å². The fraction of sp³-hybridized carbons (Fsp3) is 0.536. The lowest BCUT2D eigenvalue weighted by molar-refractivity contribution is -0.154. The van der Waals surface area contributed by atoms with E-state index in [0.717, 1.165) is 53.2 Å². The Morgan fingerprint density at radius 3 is 2.68 bits per heavy atom. The highest BCUT2D eigenvalue weighted by Gasteiger charge is 2.31. The summed E-state index contributed by atoms with van der Waals surface area (Å²) in [6, 6.07) is 8.44. The molecular formula is C28H38N4O2. The molecule has 6 heteroatoms. The molecule has 34 heavy (non-hydrogen) atoms. The van der Waals surface area contributed by atoms with E-state index >= 15 is 0 Å². The molecule has 0 aliphatic heterocycles. The molecule has 6 nitrogen and oxygen atoms in total. The molecule has 182 valence electrons. The maximum atomic E-state index is 12.1. The predicted molar refractivity (Wildman–Crippen MR) is 136 cm³/mol. The summed E-state index contributed by atoms with van der Waals surface area (Å²) in [6.45, 7) is 15.5. The van der Waals surface area contributed by atoms with Gasteiger partial charge in [-0.1, -0.05) is 32.0 Å². The number of aromatic nitrogens is 4. The zero-order valence-electron chi connectivity index (χ0n) is 21.7. The molecule has 0 saturated carbocycles. The molecule has 0 unspecified atom stereocenters. The smallest absolute Gasteiger partial charge is 0.306 e. The largest absolute Gasteiger partial charge is 0.460 e. The highest BCUT2D eigenvalue weighted by atomic mass is 16.6. The Balaban J connectivity index is 1.53. The molecule has 1 aliphatic rings. The van der Waals surface area contributed by atoms with Crippen LogP contribution >= 0.6 is 0 Å². The van der Waals surface area contributed by atoms with Crippen molar-refractivity contribution in [2.24, 2.45) is 5.41 Å². The number of rotatable bonds is 6. The molecule has 0 amide bonds. The van der Waals surface area contributed by atoms with Crippen LogP contribution in [0.1, 0.15) is 76.8 Å². The molecular weight excluding hydrogens is 424 g/mol. The first-order valence-corrected chi connectivity index (χ1v) is 12.4. The minimum Gasteiger partial charge on any atom is -0.460 e. The van der Waals surface area contributed by atoms with Crippen molar-refractivity contribution < 1.29 is 9.53 Å². The van der Waals surface area contributed by atoms with Crippen molar-refractivity contribution in [2.45, 2.75) is 92.7 Å². The van der Waals surface area contributed by atoms with Gasteiger partial charge in [0.15, 0.2) is 0 Å². The normalized spacial score (nSPS) is 15.3. The van der Waals surface area contributed by atoms with Crippen molar-refractivity contribution in [3.8, 4) is 22.6 Å². The van der Waals surface area contributed by atoms with Gasteiger partial charge in [0, 0.05) is 29.8 Å². The van der Waals surface area contributed by atoms with Gasteiger partial charge in [0.25, 0.3) is 0 Å². The molecule has 0 saturated heterocycles. The van der Waals surface area contributed by atoms with E-state index in [1.165, 1.54) is 17.7 Å². The lowest BCUT2D eigenvalue weighted by Gasteiger charge is -2.30. The van der Waals surface area contributed by atoms with Gasteiger partial charge in [0.1, 0.15) is 11.3 Å². The molecule has 0 atom stereocenters. The van der Waals surface area contributed by atoms with E-state index in [4.69, 9.17) is 9.84 Å². The maximum Gasteiger partial charge on any atom is 0.306 e. The second kappa shape index (κ2) is 9.05. The number of aryl methyl sites for hydroxylation is 3. The Bertz CT molecular complexity index is 1190. The second-order valence-corrected chi connectivity index (χ2v) is 11.3. The monoisotopic (exact) mass is 462 g/mol. The van der Waals surface area contributed by atoms with Gasteiger partial charge in [-0.2, -0.15) is 10.2 Å². The van der Waals surface area contributed by atoms with Crippen LogP contribution in [0.15, 0.2) is 24.3 Å². The number of nitrogens with zero attached hydrogens (tertiary/aromatic N) is 3. The first-order valence-electron chi connectivity index (χ1n) is 12.4. The molecule has 0 fully saturated rings. The molecule has 0 spiro atoms. The minimum absolute atomic E-state index is 0.163. The van der Waals surface area contributed by atoms with Crippen molar-refractivity contribution in [1.29, 1.82) is 0 Å². The summed E-state index contributed by atoms with van der Waals surface area (Å²) in [4.78, 5) is 12.1. The SMILES string of the molecule is CCn1nc(-c2cc(-c3ccc(CCC(=O)OC(C)(C)C)cc3C)n[nH]2)c2c1CC(C)(C)CC2. The van der Waals surface area contributed by atoms with Crippen LogP contribution in [-0.4, -0.2) is 31.5 Å². The van der Waals surface area contributed by atoms with E-state index in [-0.39, 0.29) is 5.97 Å². The Labute approximate surface area is 203 Å². The van der Waals surface area contributed by atoms with Crippen LogP contribution < -0.4 is 0 Å². The Kier molecular flexibility index (Phi) is 6.45. The summed E-state index contributed by atoms with van der Waals surface area (Å²) < 4.78 is 7.59. The van der Waals surface area contributed by atoms with Gasteiger partial charge in [-0.05, 0) is 82.9 Å². The standard InChI is InChI=1S/C28H38N4O2/c1-8-32-24-17-28(6,7)14-13-21(24)26(31-32)23-16-22(29-30-23)20-11-9-19(15-18(20)2)10-12-25(33)34-27(3,4)5/h9,11,15-16H,8,10,12-14,17H2,1-7H3,(H,29,30). The summed E-state index contributed by atoms with van der Waals surface area (Å²) in [5.41, 5.74) is 8.90. The fourth-order valence-corrected chi connectivity index (χ4v) is 4.87. The second-order valence-electron chi connectivity index (χ2n) is 11.3. The lowest BCUT2D eigenvalue weighted by atomic mass is 9.76. The topological polar surface area (TPSA) is 72.8 Å². The van der Waals surface area contributed by atoms with E-state index in [0.29, 0.717) is 18.3 Å². The highest BCUT2D eigenvalue weighted by Crippen LogP contribution is 2.39. The predicted octanol–water partition coefficient (Wildman–Crippen LogP) is 6.06. The lowest BCUT2D eigenvalue weighted by Crippen LogP contribution is -2.24. The number of hydrogen-bond donors (Lipinski definition) is 1. The van der Waals surface area contributed by atoms with Crippen LogP contribution in [0.25, 0.3) is 22.6 Å². The van der Waals surface area contributed by atoms with Gasteiger partial charge in [-0.3, -0.25) is 14.6 Å². The van der Waals surface area contributed by atoms with E-state index in [2.05, 4.69) is 66.8 Å². The van der Waals surface area contributed by atoms with Crippen LogP contribution in [0.4, 0.5) is 0 Å². The summed E-state index contributed by atoms with van der Waals surface area (Å²) in [5, 5.41) is 12.8. The summed E-state index contributed by atoms with van der Waals surface area (Å²) in [6.07, 6.45) is 4.34. The number of carbonyl (C=O) groups is 1. The van der Waals surface area contributed by atoms with Crippen LogP contribution in [0.3, 0.4) is 0 Å². The molecule has 1 aliphatic carbocycles. The number of fused-ring (bicyclic) bond motifs is 1. The number of carbonyl (C=O) groups excluding carboxylic acids is 1. The van der Waals surface area contributed by atoms with Crippen LogP contribution in [0, 0.1) is 12.3 Å². The Morgan fingerprint density at radius 2 is 2.00 bits per heavy atom. The van der Waals surface area contributed by atoms with Crippen LogP contribution in [-0.2, 0) is 35.3 Å². The third kappa shape index (κ3) is 5.26. The van der Waals surface area contributed by atoms with Crippen LogP contribution in [0.5, 0.6) is 0 Å². The highest BCUT2D eigenvalue weighted by molar-refractivity contribution is 5.72. The average Bonchev–Trinajstić information content (AvgIpc) is 3.34. The number of ether oxygens (including phenoxy) is 1. The van der Waals surface area contributed by atoms with Crippen molar-refractivity contribution >= 4 is 5.97 Å². The zero-order valence-corrected chi connectivity index (χ0v) is 21.7. The number of esters is 1. The third-order valence-corrected chi connectivity index (χ3v) is 6.60. The molecule has 2 aromatic heterocycles. The summed E-state index contributed by atoms with van der Waals surface area (Å²) >= 11 is 0. The fourth-order valence-electron chi connectivity index (χ4n) is 4.87. The van der Waals surface area contributed by atoms with Gasteiger partial charge in [0.05, 0.1) is 11.4 Å². The number of H-pyrrole nitrogens is 1. The van der Waals surface area contributed by atoms with E-state index in [1.54, 1.807) is 0 Å². The Morgan fingerprint density at radius 1 is 1.24 bits per heavy atom. The van der Waals surface area contributed by atoms with Crippen molar-refractivity contribution in [3.05, 3.63) is 46.6 Å². The first-order chi connectivity index (χ1) is 16.0. The quantitative estimate of drug-likeness (QED) is 0.452. The molecule has 1 aromatic carbocycles.